The molecule has 2 heteroatoms. The standard InChI is InChI=1S/C9H13NO.C2H6/c10-7-3-1-2-5-9-6-4-8-11-9;1-2/h2,5,9H,1,3-4,6,8H2;1-2H3/b5-2+;. The average Bonchev–Trinajstić information content (AvgIpc) is 2.68. The van der Waals surface area contributed by atoms with Gasteiger partial charge in [-0.2, -0.15) is 5.26 Å². The summed E-state index contributed by atoms with van der Waals surface area (Å²) in [6.45, 7) is 4.90. The Morgan fingerprint density at radius 1 is 1.54 bits per heavy atom. The Bertz CT molecular complexity index is 163. The van der Waals surface area contributed by atoms with E-state index >= 15 is 0 Å². The number of hydrogen-bond acceptors (Lipinski definition) is 2. The Hall–Kier alpha value is -0.810. The van der Waals surface area contributed by atoms with Crippen LogP contribution in [0.15, 0.2) is 12.2 Å². The smallest absolute Gasteiger partial charge is 0.0756 e. The number of unbranched alkanes of at least 4 members (excludes halogenated alkanes) is 1. The zero-order chi connectivity index (χ0) is 9.94. The van der Waals surface area contributed by atoms with E-state index in [9.17, 15) is 0 Å². The van der Waals surface area contributed by atoms with E-state index in [4.69, 9.17) is 10.00 Å². The van der Waals surface area contributed by atoms with Crippen LogP contribution in [0, 0.1) is 11.3 Å². The van der Waals surface area contributed by atoms with Gasteiger partial charge in [-0.3, -0.25) is 0 Å². The lowest BCUT2D eigenvalue weighted by molar-refractivity contribution is 0.145. The van der Waals surface area contributed by atoms with Crippen molar-refractivity contribution in [2.24, 2.45) is 0 Å². The average molecular weight is 181 g/mol. The van der Waals surface area contributed by atoms with Crippen molar-refractivity contribution in [3.8, 4) is 6.07 Å². The van der Waals surface area contributed by atoms with E-state index in [1.54, 1.807) is 0 Å². The fourth-order valence-corrected chi connectivity index (χ4v) is 1.15. The highest BCUT2D eigenvalue weighted by Crippen LogP contribution is 2.13. The molecule has 74 valence electrons. The maximum atomic E-state index is 8.24. The number of nitriles is 1. The lowest BCUT2D eigenvalue weighted by Gasteiger charge is -1.99. The Balaban J connectivity index is 0.000000671. The van der Waals surface area contributed by atoms with Crippen LogP contribution in [0.4, 0.5) is 0 Å². The Kier molecular flexibility index (Phi) is 8.70. The molecule has 0 saturated carbocycles. The second-order valence-corrected chi connectivity index (χ2v) is 2.68. The van der Waals surface area contributed by atoms with Crippen LogP contribution in [0.2, 0.25) is 0 Å². The van der Waals surface area contributed by atoms with Crippen molar-refractivity contribution in [2.75, 3.05) is 6.61 Å². The number of hydrogen-bond donors (Lipinski definition) is 0. The summed E-state index contributed by atoms with van der Waals surface area (Å²) >= 11 is 0. The van der Waals surface area contributed by atoms with Gasteiger partial charge in [-0.15, -0.1) is 0 Å². The SMILES string of the molecule is CC.N#CCC/C=C/C1CCCO1. The van der Waals surface area contributed by atoms with Crippen molar-refractivity contribution in [3.63, 3.8) is 0 Å². The Morgan fingerprint density at radius 3 is 2.85 bits per heavy atom. The summed E-state index contributed by atoms with van der Waals surface area (Å²) in [6.07, 6.45) is 8.23. The number of allylic oxidation sites excluding steroid dienone is 1. The van der Waals surface area contributed by atoms with Gasteiger partial charge in [-0.05, 0) is 19.3 Å². The Morgan fingerprint density at radius 2 is 2.31 bits per heavy atom. The maximum absolute atomic E-state index is 8.24. The first-order valence-corrected chi connectivity index (χ1v) is 5.08. The lowest BCUT2D eigenvalue weighted by atomic mass is 10.2. The van der Waals surface area contributed by atoms with E-state index in [2.05, 4.69) is 12.1 Å². The first-order chi connectivity index (χ1) is 6.43. The molecular formula is C11H19NO. The highest BCUT2D eigenvalue weighted by molar-refractivity contribution is 4.92. The number of ether oxygens (including phenoxy) is 1. The van der Waals surface area contributed by atoms with Crippen molar-refractivity contribution in [2.45, 2.75) is 45.6 Å². The van der Waals surface area contributed by atoms with Gasteiger partial charge in [0, 0.05) is 13.0 Å². The molecule has 1 saturated heterocycles. The van der Waals surface area contributed by atoms with Gasteiger partial charge in [0.25, 0.3) is 0 Å². The van der Waals surface area contributed by atoms with Crippen LogP contribution in [0.5, 0.6) is 0 Å². The molecule has 1 aliphatic heterocycles. The molecule has 0 aromatic carbocycles. The molecule has 0 N–H and O–H groups in total. The van der Waals surface area contributed by atoms with Crippen LogP contribution < -0.4 is 0 Å². The van der Waals surface area contributed by atoms with Gasteiger partial charge in [0.15, 0.2) is 0 Å². The molecule has 1 heterocycles. The fraction of sp³-hybridized carbons (Fsp3) is 0.727. The summed E-state index contributed by atoms with van der Waals surface area (Å²) in [5.74, 6) is 0. The minimum absolute atomic E-state index is 0.327. The summed E-state index contributed by atoms with van der Waals surface area (Å²) < 4.78 is 5.36. The predicted molar refractivity (Wildman–Crippen MR) is 54.3 cm³/mol. The molecule has 1 aliphatic rings. The molecule has 0 amide bonds. The molecular weight excluding hydrogens is 162 g/mol. The molecule has 0 radical (unpaired) electrons. The molecule has 0 bridgehead atoms. The van der Waals surface area contributed by atoms with Gasteiger partial charge in [-0.25, -0.2) is 0 Å². The first-order valence-electron chi connectivity index (χ1n) is 5.08. The van der Waals surface area contributed by atoms with Gasteiger partial charge in [0.05, 0.1) is 12.2 Å². The molecule has 1 unspecified atom stereocenters. The third-order valence-corrected chi connectivity index (χ3v) is 1.74. The minimum Gasteiger partial charge on any atom is -0.374 e. The van der Waals surface area contributed by atoms with E-state index in [1.807, 2.05) is 19.9 Å². The molecule has 13 heavy (non-hydrogen) atoms. The first kappa shape index (κ1) is 12.2. The zero-order valence-corrected chi connectivity index (χ0v) is 8.62. The minimum atomic E-state index is 0.327. The van der Waals surface area contributed by atoms with Crippen LogP contribution in [-0.2, 0) is 4.74 Å². The molecule has 1 rings (SSSR count). The summed E-state index contributed by atoms with van der Waals surface area (Å²) in [4.78, 5) is 0. The van der Waals surface area contributed by atoms with E-state index in [1.165, 1.54) is 6.42 Å². The highest BCUT2D eigenvalue weighted by Gasteiger charge is 2.10. The summed E-state index contributed by atoms with van der Waals surface area (Å²) in [6, 6.07) is 2.10. The van der Waals surface area contributed by atoms with Crippen molar-refractivity contribution in [1.29, 1.82) is 5.26 Å². The lowest BCUT2D eigenvalue weighted by Crippen LogP contribution is -1.98. The number of nitrogens with zero attached hydrogens (tertiary/aromatic N) is 1. The fourth-order valence-electron chi connectivity index (χ4n) is 1.15. The zero-order valence-electron chi connectivity index (χ0n) is 8.62. The van der Waals surface area contributed by atoms with E-state index in [-0.39, 0.29) is 0 Å². The van der Waals surface area contributed by atoms with Crippen molar-refractivity contribution >= 4 is 0 Å². The molecule has 0 aromatic heterocycles. The Labute approximate surface area is 81.2 Å². The second kappa shape index (κ2) is 9.28. The second-order valence-electron chi connectivity index (χ2n) is 2.68. The van der Waals surface area contributed by atoms with Gasteiger partial charge < -0.3 is 4.74 Å². The van der Waals surface area contributed by atoms with Crippen molar-refractivity contribution in [1.82, 2.24) is 0 Å². The van der Waals surface area contributed by atoms with Gasteiger partial charge >= 0.3 is 0 Å². The van der Waals surface area contributed by atoms with Crippen LogP contribution in [0.25, 0.3) is 0 Å². The predicted octanol–water partition coefficient (Wildman–Crippen LogP) is 3.05. The van der Waals surface area contributed by atoms with E-state index in [0.29, 0.717) is 12.5 Å². The summed E-state index contributed by atoms with van der Waals surface area (Å²) in [5.41, 5.74) is 0. The van der Waals surface area contributed by atoms with Crippen molar-refractivity contribution in [3.05, 3.63) is 12.2 Å². The monoisotopic (exact) mass is 181 g/mol. The third kappa shape index (κ3) is 6.36. The largest absolute Gasteiger partial charge is 0.374 e. The maximum Gasteiger partial charge on any atom is 0.0756 e. The molecule has 0 aliphatic carbocycles. The van der Waals surface area contributed by atoms with E-state index < -0.39 is 0 Å². The molecule has 1 fully saturated rings. The molecule has 0 spiro atoms. The van der Waals surface area contributed by atoms with Gasteiger partial charge in [-0.1, -0.05) is 26.0 Å². The normalized spacial score (nSPS) is 20.8. The molecule has 1 atom stereocenters. The highest BCUT2D eigenvalue weighted by atomic mass is 16.5. The van der Waals surface area contributed by atoms with Crippen LogP contribution in [0.3, 0.4) is 0 Å². The molecule has 0 aromatic rings. The number of rotatable bonds is 3. The van der Waals surface area contributed by atoms with Crippen molar-refractivity contribution < 1.29 is 4.74 Å². The van der Waals surface area contributed by atoms with Crippen LogP contribution in [0.1, 0.15) is 39.5 Å². The van der Waals surface area contributed by atoms with Crippen LogP contribution in [-0.4, -0.2) is 12.7 Å². The van der Waals surface area contributed by atoms with Gasteiger partial charge in [0.1, 0.15) is 0 Å². The van der Waals surface area contributed by atoms with Gasteiger partial charge in [0.2, 0.25) is 0 Å². The summed E-state index contributed by atoms with van der Waals surface area (Å²) in [5, 5.41) is 8.24. The van der Waals surface area contributed by atoms with Crippen LogP contribution >= 0.6 is 0 Å². The van der Waals surface area contributed by atoms with E-state index in [0.717, 1.165) is 19.4 Å². The third-order valence-electron chi connectivity index (χ3n) is 1.74. The summed E-state index contributed by atoms with van der Waals surface area (Å²) in [7, 11) is 0. The topological polar surface area (TPSA) is 33.0 Å². The quantitative estimate of drug-likeness (QED) is 0.495. The molecule has 2 nitrogen and oxygen atoms in total.